The predicted octanol–water partition coefficient (Wildman–Crippen LogP) is 3.24. The van der Waals surface area contributed by atoms with Gasteiger partial charge in [-0.05, 0) is 54.7 Å². The Labute approximate surface area is 154 Å². The lowest BCUT2D eigenvalue weighted by atomic mass is 10.0. The maximum atomic E-state index is 13.3. The third-order valence-corrected chi connectivity index (χ3v) is 5.16. The molecule has 1 aliphatic rings. The molecule has 3 rings (SSSR count). The number of nitrogens with two attached hydrogens (primary N) is 1. The molecule has 25 heavy (non-hydrogen) atoms. The molecule has 0 heterocycles. The highest BCUT2D eigenvalue weighted by Crippen LogP contribution is 2.45. The van der Waals surface area contributed by atoms with Crippen molar-refractivity contribution in [2.45, 2.75) is 36.9 Å². The Morgan fingerprint density at radius 1 is 1.16 bits per heavy atom. The average Bonchev–Trinajstić information content (AvgIpc) is 3.33. The molecule has 134 valence electrons. The van der Waals surface area contributed by atoms with Crippen LogP contribution in [0.4, 0.5) is 8.78 Å². The highest BCUT2D eigenvalue weighted by atomic mass is 79.9. The minimum atomic E-state index is -0.809. The molecule has 0 saturated heterocycles. The Morgan fingerprint density at radius 2 is 1.84 bits per heavy atom. The predicted molar refractivity (Wildman–Crippen MR) is 97.1 cm³/mol. The summed E-state index contributed by atoms with van der Waals surface area (Å²) in [6.07, 6.45) is 1.40. The monoisotopic (exact) mass is 410 g/mol. The van der Waals surface area contributed by atoms with Crippen LogP contribution in [0.2, 0.25) is 0 Å². The van der Waals surface area contributed by atoms with Gasteiger partial charge in [-0.3, -0.25) is 0 Å². The van der Waals surface area contributed by atoms with E-state index in [-0.39, 0.29) is 12.0 Å². The van der Waals surface area contributed by atoms with Crippen molar-refractivity contribution in [2.75, 3.05) is 6.54 Å². The van der Waals surface area contributed by atoms with E-state index in [4.69, 9.17) is 5.73 Å². The van der Waals surface area contributed by atoms with Crippen LogP contribution in [0.5, 0.6) is 0 Å². The summed E-state index contributed by atoms with van der Waals surface area (Å²) in [6, 6.07) is 10.8. The van der Waals surface area contributed by atoms with Crippen LogP contribution < -0.4 is 11.1 Å². The standard InChI is InChI=1S/C19H21BrF2N2O/c20-14-3-1-2-13(9-14)19(4-5-19)24-11-18(25)17(23)8-12-6-15(21)10-16(22)7-12/h1-3,6-7,9-10,17-18,24-25H,4-5,8,11,23H2/t17?,18-/m1/s1. The molecular weight excluding hydrogens is 390 g/mol. The molecular formula is C19H21BrF2N2O. The number of benzene rings is 2. The van der Waals surface area contributed by atoms with Crippen molar-refractivity contribution in [1.82, 2.24) is 5.32 Å². The number of rotatable bonds is 7. The minimum absolute atomic E-state index is 0.116. The first kappa shape index (κ1) is 18.5. The number of nitrogens with one attached hydrogen (secondary N) is 1. The molecule has 0 aromatic heterocycles. The fourth-order valence-corrected chi connectivity index (χ4v) is 3.47. The van der Waals surface area contributed by atoms with E-state index in [1.807, 2.05) is 12.1 Å². The Bertz CT molecular complexity index is 732. The molecule has 1 fully saturated rings. The van der Waals surface area contributed by atoms with Crippen LogP contribution in [-0.4, -0.2) is 23.8 Å². The number of halogens is 3. The molecule has 4 N–H and O–H groups in total. The zero-order valence-electron chi connectivity index (χ0n) is 13.7. The minimum Gasteiger partial charge on any atom is -0.390 e. The van der Waals surface area contributed by atoms with Gasteiger partial charge >= 0.3 is 0 Å². The van der Waals surface area contributed by atoms with Gasteiger partial charge in [0.05, 0.1) is 6.10 Å². The van der Waals surface area contributed by atoms with Gasteiger partial charge < -0.3 is 16.2 Å². The maximum Gasteiger partial charge on any atom is 0.126 e. The van der Waals surface area contributed by atoms with E-state index in [0.717, 1.165) is 23.4 Å². The van der Waals surface area contributed by atoms with Crippen molar-refractivity contribution < 1.29 is 13.9 Å². The second-order valence-corrected chi connectivity index (χ2v) is 7.60. The largest absolute Gasteiger partial charge is 0.390 e. The molecule has 6 heteroatoms. The molecule has 2 aromatic rings. The smallest absolute Gasteiger partial charge is 0.126 e. The fourth-order valence-electron chi connectivity index (χ4n) is 3.07. The zero-order chi connectivity index (χ0) is 18.0. The van der Waals surface area contributed by atoms with E-state index >= 15 is 0 Å². The van der Waals surface area contributed by atoms with Crippen molar-refractivity contribution in [3.63, 3.8) is 0 Å². The first-order valence-corrected chi connectivity index (χ1v) is 9.07. The molecule has 0 amide bonds. The van der Waals surface area contributed by atoms with Gasteiger partial charge in [0.25, 0.3) is 0 Å². The summed E-state index contributed by atoms with van der Waals surface area (Å²) in [6.45, 7) is 0.325. The Kier molecular flexibility index (Phi) is 5.53. The molecule has 3 nitrogen and oxygen atoms in total. The van der Waals surface area contributed by atoms with Crippen LogP contribution in [-0.2, 0) is 12.0 Å². The van der Waals surface area contributed by atoms with Crippen LogP contribution in [0.3, 0.4) is 0 Å². The number of hydrogen-bond acceptors (Lipinski definition) is 3. The Morgan fingerprint density at radius 3 is 2.44 bits per heavy atom. The summed E-state index contributed by atoms with van der Waals surface area (Å²) in [5.41, 5.74) is 7.52. The quantitative estimate of drug-likeness (QED) is 0.656. The maximum absolute atomic E-state index is 13.3. The van der Waals surface area contributed by atoms with Gasteiger partial charge in [-0.25, -0.2) is 8.78 Å². The van der Waals surface area contributed by atoms with E-state index in [9.17, 15) is 13.9 Å². The summed E-state index contributed by atoms with van der Waals surface area (Å²) < 4.78 is 27.5. The highest BCUT2D eigenvalue weighted by molar-refractivity contribution is 9.10. The topological polar surface area (TPSA) is 58.3 Å². The van der Waals surface area contributed by atoms with Crippen LogP contribution in [0.1, 0.15) is 24.0 Å². The summed E-state index contributed by atoms with van der Waals surface area (Å²) >= 11 is 3.48. The molecule has 0 bridgehead atoms. The first-order valence-electron chi connectivity index (χ1n) is 8.28. The van der Waals surface area contributed by atoms with Gasteiger partial charge in [-0.15, -0.1) is 0 Å². The van der Waals surface area contributed by atoms with Crippen molar-refractivity contribution >= 4 is 15.9 Å². The summed E-state index contributed by atoms with van der Waals surface area (Å²) in [5, 5.41) is 13.7. The van der Waals surface area contributed by atoms with Gasteiger partial charge in [0.1, 0.15) is 11.6 Å². The van der Waals surface area contributed by atoms with Gasteiger partial charge in [0, 0.05) is 28.7 Å². The van der Waals surface area contributed by atoms with Crippen molar-refractivity contribution in [2.24, 2.45) is 5.73 Å². The second-order valence-electron chi connectivity index (χ2n) is 6.69. The van der Waals surface area contributed by atoms with E-state index in [2.05, 4.69) is 33.4 Å². The lowest BCUT2D eigenvalue weighted by molar-refractivity contribution is 0.136. The SMILES string of the molecule is NC(Cc1cc(F)cc(F)c1)[C@H](O)CNC1(c2cccc(Br)c2)CC1. The van der Waals surface area contributed by atoms with E-state index < -0.39 is 23.8 Å². The Balaban J connectivity index is 1.57. The summed E-state index contributed by atoms with van der Waals surface area (Å²) in [5.74, 6) is -1.28. The lowest BCUT2D eigenvalue weighted by Crippen LogP contribution is -2.45. The second kappa shape index (κ2) is 7.50. The summed E-state index contributed by atoms with van der Waals surface area (Å²) in [7, 11) is 0. The summed E-state index contributed by atoms with van der Waals surface area (Å²) in [4.78, 5) is 0. The number of hydrogen-bond donors (Lipinski definition) is 3. The molecule has 1 aliphatic carbocycles. The van der Waals surface area contributed by atoms with Crippen LogP contribution in [0.25, 0.3) is 0 Å². The molecule has 0 aliphatic heterocycles. The fraction of sp³-hybridized carbons (Fsp3) is 0.368. The molecule has 2 aromatic carbocycles. The number of aliphatic hydroxyl groups excluding tert-OH is 1. The highest BCUT2D eigenvalue weighted by Gasteiger charge is 2.44. The number of aliphatic hydroxyl groups is 1. The normalized spacial score (nSPS) is 18.0. The van der Waals surface area contributed by atoms with Gasteiger partial charge in [0.2, 0.25) is 0 Å². The van der Waals surface area contributed by atoms with Crippen molar-refractivity contribution in [3.8, 4) is 0 Å². The molecule has 2 atom stereocenters. The van der Waals surface area contributed by atoms with E-state index in [1.54, 1.807) is 0 Å². The Hall–Kier alpha value is -1.34. The van der Waals surface area contributed by atoms with Crippen LogP contribution in [0.15, 0.2) is 46.9 Å². The van der Waals surface area contributed by atoms with Crippen molar-refractivity contribution in [3.05, 3.63) is 69.7 Å². The van der Waals surface area contributed by atoms with E-state index in [1.165, 1.54) is 17.7 Å². The molecule has 1 saturated carbocycles. The van der Waals surface area contributed by atoms with Crippen molar-refractivity contribution in [1.29, 1.82) is 0 Å². The van der Waals surface area contributed by atoms with Gasteiger partial charge in [-0.2, -0.15) is 0 Å². The van der Waals surface area contributed by atoms with Gasteiger partial charge in [0.15, 0.2) is 0 Å². The third-order valence-electron chi connectivity index (χ3n) is 4.66. The van der Waals surface area contributed by atoms with Gasteiger partial charge in [-0.1, -0.05) is 28.1 Å². The third kappa shape index (κ3) is 4.64. The molecule has 1 unspecified atom stereocenters. The zero-order valence-corrected chi connectivity index (χ0v) is 15.3. The van der Waals surface area contributed by atoms with Crippen LogP contribution >= 0.6 is 15.9 Å². The van der Waals surface area contributed by atoms with E-state index in [0.29, 0.717) is 12.1 Å². The lowest BCUT2D eigenvalue weighted by Gasteiger charge is -2.24. The van der Waals surface area contributed by atoms with Crippen LogP contribution in [0, 0.1) is 11.6 Å². The molecule has 0 radical (unpaired) electrons. The first-order chi connectivity index (χ1) is 11.9. The molecule has 0 spiro atoms. The average molecular weight is 411 g/mol.